The summed E-state index contributed by atoms with van der Waals surface area (Å²) in [5.41, 5.74) is 1.48. The van der Waals surface area contributed by atoms with Crippen molar-refractivity contribution in [2.75, 3.05) is 6.54 Å². The maximum atomic E-state index is 13.3. The van der Waals surface area contributed by atoms with Crippen molar-refractivity contribution in [2.45, 2.75) is 24.0 Å². The van der Waals surface area contributed by atoms with Crippen LogP contribution in [0, 0.1) is 13.8 Å². The largest absolute Gasteiger partial charge is 0.468 e. The smallest absolute Gasteiger partial charge is 0.287 e. The normalized spacial score (nSPS) is 12.7. The number of nitrogens with one attached hydrogen (secondary N) is 1. The molecular weight excluding hydrogens is 354 g/mol. The molecule has 0 aliphatic heterocycles. The van der Waals surface area contributed by atoms with E-state index >= 15 is 0 Å². The van der Waals surface area contributed by atoms with Gasteiger partial charge in [-0.3, -0.25) is 4.79 Å². The Morgan fingerprint density at radius 3 is 2.46 bits per heavy atom. The SMILES string of the molecule is Cc1ccc(C)c(S(=O)(=O)[C@@H](CNC(=O)c2ccco2)c2ccco2)c1. The molecule has 3 aromatic rings. The van der Waals surface area contributed by atoms with E-state index in [1.54, 1.807) is 37.3 Å². The summed E-state index contributed by atoms with van der Waals surface area (Å²) in [7, 11) is -3.78. The summed E-state index contributed by atoms with van der Waals surface area (Å²) < 4.78 is 36.9. The van der Waals surface area contributed by atoms with Gasteiger partial charge in [0.25, 0.3) is 5.91 Å². The molecule has 0 bridgehead atoms. The number of furan rings is 2. The average molecular weight is 373 g/mol. The summed E-state index contributed by atoms with van der Waals surface area (Å²) in [4.78, 5) is 12.4. The van der Waals surface area contributed by atoms with Crippen molar-refractivity contribution in [3.8, 4) is 0 Å². The molecule has 2 aromatic heterocycles. The summed E-state index contributed by atoms with van der Waals surface area (Å²) in [6.45, 7) is 3.44. The molecule has 0 aliphatic rings. The van der Waals surface area contributed by atoms with Crippen LogP contribution in [0.1, 0.15) is 32.7 Å². The molecule has 26 heavy (non-hydrogen) atoms. The molecule has 0 saturated heterocycles. The predicted molar refractivity (Wildman–Crippen MR) is 95.6 cm³/mol. The van der Waals surface area contributed by atoms with Gasteiger partial charge in [0.15, 0.2) is 15.6 Å². The Bertz CT molecular complexity index is 989. The van der Waals surface area contributed by atoms with Crippen molar-refractivity contribution >= 4 is 15.7 Å². The molecule has 0 radical (unpaired) electrons. The lowest BCUT2D eigenvalue weighted by molar-refractivity contribution is 0.0925. The van der Waals surface area contributed by atoms with Crippen LogP contribution >= 0.6 is 0 Å². The number of benzene rings is 1. The van der Waals surface area contributed by atoms with Gasteiger partial charge in [-0.05, 0) is 55.3 Å². The Hall–Kier alpha value is -2.80. The van der Waals surface area contributed by atoms with Crippen LogP contribution in [0.15, 0.2) is 68.7 Å². The molecule has 2 heterocycles. The van der Waals surface area contributed by atoms with Gasteiger partial charge in [0, 0.05) is 6.54 Å². The summed E-state index contributed by atoms with van der Waals surface area (Å²) in [5.74, 6) is -0.0966. The van der Waals surface area contributed by atoms with Gasteiger partial charge in [-0.2, -0.15) is 0 Å². The summed E-state index contributed by atoms with van der Waals surface area (Å²) in [6, 6.07) is 11.6. The first-order chi connectivity index (χ1) is 12.4. The number of amides is 1. The minimum absolute atomic E-state index is 0.118. The van der Waals surface area contributed by atoms with Crippen LogP contribution < -0.4 is 5.32 Å². The van der Waals surface area contributed by atoms with Crippen LogP contribution in [0.4, 0.5) is 0 Å². The zero-order chi connectivity index (χ0) is 18.7. The minimum atomic E-state index is -3.78. The lowest BCUT2D eigenvalue weighted by atomic mass is 10.2. The van der Waals surface area contributed by atoms with Gasteiger partial charge in [0.2, 0.25) is 0 Å². The molecule has 0 spiro atoms. The molecule has 1 N–H and O–H groups in total. The first kappa shape index (κ1) is 18.0. The van der Waals surface area contributed by atoms with Gasteiger partial charge < -0.3 is 14.2 Å². The molecular formula is C19H19NO5S. The fourth-order valence-electron chi connectivity index (χ4n) is 2.69. The number of carbonyl (C=O) groups excluding carboxylic acids is 1. The first-order valence-corrected chi connectivity index (χ1v) is 9.60. The Balaban J connectivity index is 1.93. The lowest BCUT2D eigenvalue weighted by Crippen LogP contribution is -2.31. The highest BCUT2D eigenvalue weighted by molar-refractivity contribution is 7.91. The zero-order valence-corrected chi connectivity index (χ0v) is 15.2. The van der Waals surface area contributed by atoms with Crippen molar-refractivity contribution in [2.24, 2.45) is 0 Å². The predicted octanol–water partition coefficient (Wildman–Crippen LogP) is 3.43. The fourth-order valence-corrected chi connectivity index (χ4v) is 4.60. The first-order valence-electron chi connectivity index (χ1n) is 8.06. The van der Waals surface area contributed by atoms with Gasteiger partial charge in [0.05, 0.1) is 17.4 Å². The van der Waals surface area contributed by atoms with Crippen LogP contribution in [-0.4, -0.2) is 20.9 Å². The molecule has 0 saturated carbocycles. The van der Waals surface area contributed by atoms with E-state index in [0.717, 1.165) is 5.56 Å². The zero-order valence-electron chi connectivity index (χ0n) is 14.4. The third-order valence-corrected chi connectivity index (χ3v) is 6.28. The third-order valence-electron chi connectivity index (χ3n) is 4.08. The van der Waals surface area contributed by atoms with E-state index in [-0.39, 0.29) is 23.0 Å². The summed E-state index contributed by atoms with van der Waals surface area (Å²) in [6.07, 6.45) is 2.79. The molecule has 6 nitrogen and oxygen atoms in total. The number of sulfone groups is 1. The van der Waals surface area contributed by atoms with E-state index in [2.05, 4.69) is 5.32 Å². The fraction of sp³-hybridized carbons (Fsp3) is 0.211. The van der Waals surface area contributed by atoms with Crippen LogP contribution in [0.3, 0.4) is 0 Å². The van der Waals surface area contributed by atoms with Crippen LogP contribution in [0.5, 0.6) is 0 Å². The molecule has 1 aromatic carbocycles. The van der Waals surface area contributed by atoms with Crippen molar-refractivity contribution < 1.29 is 22.0 Å². The second-order valence-electron chi connectivity index (χ2n) is 6.01. The molecule has 0 unspecified atom stereocenters. The second-order valence-corrected chi connectivity index (χ2v) is 8.10. The van der Waals surface area contributed by atoms with Crippen molar-refractivity contribution in [3.05, 3.63) is 77.6 Å². The number of carbonyl (C=O) groups is 1. The second kappa shape index (κ2) is 7.21. The van der Waals surface area contributed by atoms with E-state index < -0.39 is 21.0 Å². The van der Waals surface area contributed by atoms with Gasteiger partial charge in [-0.25, -0.2) is 8.42 Å². The van der Waals surface area contributed by atoms with E-state index in [4.69, 9.17) is 8.83 Å². The Kier molecular flexibility index (Phi) is 4.99. The Labute approximate surface area is 151 Å². The topological polar surface area (TPSA) is 89.5 Å². The lowest BCUT2D eigenvalue weighted by Gasteiger charge is -2.18. The van der Waals surface area contributed by atoms with Crippen LogP contribution in [0.25, 0.3) is 0 Å². The van der Waals surface area contributed by atoms with Crippen molar-refractivity contribution in [1.82, 2.24) is 5.32 Å². The monoisotopic (exact) mass is 373 g/mol. The van der Waals surface area contributed by atoms with Gasteiger partial charge >= 0.3 is 0 Å². The van der Waals surface area contributed by atoms with Gasteiger partial charge in [-0.15, -0.1) is 0 Å². The van der Waals surface area contributed by atoms with E-state index in [9.17, 15) is 13.2 Å². The highest BCUT2D eigenvalue weighted by atomic mass is 32.2. The van der Waals surface area contributed by atoms with Crippen LogP contribution in [0.2, 0.25) is 0 Å². The molecule has 1 amide bonds. The average Bonchev–Trinajstić information content (AvgIpc) is 3.30. The molecule has 0 fully saturated rings. The summed E-state index contributed by atoms with van der Waals surface area (Å²) in [5, 5.41) is 1.57. The summed E-state index contributed by atoms with van der Waals surface area (Å²) >= 11 is 0. The highest BCUT2D eigenvalue weighted by Crippen LogP contribution is 2.31. The molecule has 0 aliphatic carbocycles. The van der Waals surface area contributed by atoms with Crippen molar-refractivity contribution in [3.63, 3.8) is 0 Å². The number of aryl methyl sites for hydroxylation is 2. The van der Waals surface area contributed by atoms with E-state index in [1.165, 1.54) is 18.6 Å². The number of hydrogen-bond donors (Lipinski definition) is 1. The highest BCUT2D eigenvalue weighted by Gasteiger charge is 2.33. The number of rotatable bonds is 6. The number of hydrogen-bond acceptors (Lipinski definition) is 5. The van der Waals surface area contributed by atoms with E-state index in [1.807, 2.05) is 13.0 Å². The van der Waals surface area contributed by atoms with Crippen molar-refractivity contribution in [1.29, 1.82) is 0 Å². The molecule has 3 rings (SSSR count). The third kappa shape index (κ3) is 3.57. The van der Waals surface area contributed by atoms with Crippen LogP contribution in [-0.2, 0) is 9.84 Å². The standard InChI is InChI=1S/C19H19NO5S/c1-13-7-8-14(2)17(11-13)26(22,23)18(15-5-3-9-24-15)12-20-19(21)16-6-4-10-25-16/h3-11,18H,12H2,1-2H3,(H,20,21)/t18-/m0/s1. The van der Waals surface area contributed by atoms with E-state index in [0.29, 0.717) is 5.56 Å². The maximum Gasteiger partial charge on any atom is 0.287 e. The van der Waals surface area contributed by atoms with Gasteiger partial charge in [-0.1, -0.05) is 12.1 Å². The quantitative estimate of drug-likeness (QED) is 0.715. The Morgan fingerprint density at radius 2 is 1.81 bits per heavy atom. The Morgan fingerprint density at radius 1 is 1.08 bits per heavy atom. The maximum absolute atomic E-state index is 13.3. The van der Waals surface area contributed by atoms with Gasteiger partial charge in [0.1, 0.15) is 11.0 Å². The molecule has 136 valence electrons. The molecule has 7 heteroatoms. The molecule has 1 atom stereocenters. The minimum Gasteiger partial charge on any atom is -0.468 e.